The van der Waals surface area contributed by atoms with Crippen LogP contribution in [0.1, 0.15) is 47.8 Å². The molecule has 2 aromatic heterocycles. The smallest absolute Gasteiger partial charge is 0.273 e. The van der Waals surface area contributed by atoms with Crippen molar-refractivity contribution in [3.05, 3.63) is 78.1 Å². The zero-order chi connectivity index (χ0) is 29.8. The van der Waals surface area contributed by atoms with E-state index in [1.807, 2.05) is 48.3 Å². The van der Waals surface area contributed by atoms with E-state index in [1.54, 1.807) is 23.4 Å². The number of aromatic nitrogens is 2. The molecular weight excluding hydrogens is 558 g/mol. The van der Waals surface area contributed by atoms with E-state index in [9.17, 15) is 9.59 Å². The fourth-order valence-corrected chi connectivity index (χ4v) is 6.66. The molecule has 3 fully saturated rings. The molecular formula is C32H33N9O3. The van der Waals surface area contributed by atoms with Gasteiger partial charge in [-0.25, -0.2) is 10.5 Å². The summed E-state index contributed by atoms with van der Waals surface area (Å²) in [5.41, 5.74) is 10.4. The number of hydrazone groups is 1. The molecule has 2 saturated heterocycles. The van der Waals surface area contributed by atoms with Crippen molar-refractivity contribution in [2.75, 3.05) is 25.5 Å². The number of oxazole rings is 1. The van der Waals surface area contributed by atoms with Gasteiger partial charge in [0, 0.05) is 55.6 Å². The van der Waals surface area contributed by atoms with Crippen LogP contribution in [0.3, 0.4) is 0 Å². The summed E-state index contributed by atoms with van der Waals surface area (Å²) < 4.78 is 6.04. The Morgan fingerprint density at radius 3 is 2.52 bits per heavy atom. The first-order chi connectivity index (χ1) is 21.5. The molecule has 4 aromatic rings. The summed E-state index contributed by atoms with van der Waals surface area (Å²) in [7, 11) is 1.88. The molecule has 2 aromatic carbocycles. The quantitative estimate of drug-likeness (QED) is 0.295. The van der Waals surface area contributed by atoms with Gasteiger partial charge in [-0.2, -0.15) is 0 Å². The maximum Gasteiger partial charge on any atom is 0.273 e. The first kappa shape index (κ1) is 26.8. The highest BCUT2D eigenvalue weighted by Crippen LogP contribution is 2.37. The van der Waals surface area contributed by atoms with E-state index in [1.165, 1.54) is 0 Å². The summed E-state index contributed by atoms with van der Waals surface area (Å²) >= 11 is 0. The molecule has 3 unspecified atom stereocenters. The van der Waals surface area contributed by atoms with E-state index in [0.29, 0.717) is 33.9 Å². The highest BCUT2D eigenvalue weighted by molar-refractivity contribution is 5.96. The molecule has 44 heavy (non-hydrogen) atoms. The molecule has 3 aliphatic heterocycles. The van der Waals surface area contributed by atoms with Crippen LogP contribution in [-0.2, 0) is 4.79 Å². The number of hydrogen-bond donors (Lipinski definition) is 3. The summed E-state index contributed by atoms with van der Waals surface area (Å²) in [6, 6.07) is 19.4. The number of amides is 2. The number of nitrogens with zero attached hydrogens (tertiary/aromatic N) is 6. The maximum atomic E-state index is 14.0. The van der Waals surface area contributed by atoms with Crippen LogP contribution >= 0.6 is 0 Å². The molecule has 3 N–H and O–H groups in total. The van der Waals surface area contributed by atoms with Crippen LogP contribution in [0.4, 0.5) is 5.69 Å². The van der Waals surface area contributed by atoms with Crippen LogP contribution in [0.2, 0.25) is 0 Å². The highest BCUT2D eigenvalue weighted by atomic mass is 16.3. The van der Waals surface area contributed by atoms with Gasteiger partial charge in [0.2, 0.25) is 11.8 Å². The predicted molar refractivity (Wildman–Crippen MR) is 164 cm³/mol. The molecule has 4 aliphatic rings. The van der Waals surface area contributed by atoms with Crippen molar-refractivity contribution in [2.45, 2.75) is 43.8 Å². The number of rotatable bonds is 7. The van der Waals surface area contributed by atoms with Crippen LogP contribution < -0.4 is 16.3 Å². The molecule has 0 spiro atoms. The Bertz CT molecular complexity index is 1760. The number of hydrazine groups is 2. The Morgan fingerprint density at radius 1 is 1.00 bits per heavy atom. The molecule has 1 saturated carbocycles. The van der Waals surface area contributed by atoms with Gasteiger partial charge in [-0.15, -0.1) is 10.2 Å². The fourth-order valence-electron chi connectivity index (χ4n) is 6.66. The van der Waals surface area contributed by atoms with Gasteiger partial charge in [0.1, 0.15) is 11.2 Å². The summed E-state index contributed by atoms with van der Waals surface area (Å²) in [4.78, 5) is 39.8. The average Bonchev–Trinajstić information content (AvgIpc) is 3.60. The first-order valence-electron chi connectivity index (χ1n) is 15.1. The summed E-state index contributed by atoms with van der Waals surface area (Å²) in [6.07, 6.45) is 5.41. The maximum absolute atomic E-state index is 14.0. The van der Waals surface area contributed by atoms with Gasteiger partial charge in [-0.05, 0) is 61.6 Å². The second-order valence-electron chi connectivity index (χ2n) is 12.0. The number of carbonyl (C=O) groups is 2. The van der Waals surface area contributed by atoms with Crippen LogP contribution in [0.5, 0.6) is 0 Å². The molecule has 8 rings (SSSR count). The molecule has 12 nitrogen and oxygen atoms in total. The second-order valence-corrected chi connectivity index (χ2v) is 12.0. The van der Waals surface area contributed by atoms with E-state index in [0.717, 1.165) is 50.2 Å². The number of anilines is 1. The van der Waals surface area contributed by atoms with Gasteiger partial charge in [-0.1, -0.05) is 30.3 Å². The third-order valence-corrected chi connectivity index (χ3v) is 8.92. The topological polar surface area (TPSA) is 131 Å². The van der Waals surface area contributed by atoms with Crippen molar-refractivity contribution < 1.29 is 14.0 Å². The Morgan fingerprint density at radius 2 is 1.80 bits per heavy atom. The lowest BCUT2D eigenvalue weighted by atomic mass is 10.0. The Kier molecular flexibility index (Phi) is 6.53. The normalized spacial score (nSPS) is 22.4. The summed E-state index contributed by atoms with van der Waals surface area (Å²) in [5.74, 6) is 1.33. The lowest BCUT2D eigenvalue weighted by molar-refractivity contribution is -0.117. The number of fused-ring (bicyclic) bond motifs is 3. The number of hydrogen-bond acceptors (Lipinski definition) is 10. The Labute approximate surface area is 254 Å². The minimum absolute atomic E-state index is 0.0457. The van der Waals surface area contributed by atoms with Gasteiger partial charge >= 0.3 is 0 Å². The number of benzene rings is 2. The zero-order valence-electron chi connectivity index (χ0n) is 24.3. The minimum Gasteiger partial charge on any atom is -0.436 e. The lowest BCUT2D eigenvalue weighted by Crippen LogP contribution is -2.58. The monoisotopic (exact) mass is 591 g/mol. The zero-order valence-corrected chi connectivity index (χ0v) is 24.3. The summed E-state index contributed by atoms with van der Waals surface area (Å²) in [5, 5.41) is 9.23. The number of carbonyl (C=O) groups excluding carboxylic acids is 2. The molecule has 5 heterocycles. The van der Waals surface area contributed by atoms with Gasteiger partial charge in [0.15, 0.2) is 11.4 Å². The molecule has 1 aliphatic carbocycles. The molecule has 2 amide bonds. The average molecular weight is 592 g/mol. The summed E-state index contributed by atoms with van der Waals surface area (Å²) in [6.45, 7) is 1.47. The molecule has 0 radical (unpaired) electrons. The number of likely N-dealkylation sites (tertiary alicyclic amines) is 1. The van der Waals surface area contributed by atoms with Gasteiger partial charge in [0.05, 0.1) is 6.04 Å². The molecule has 2 bridgehead atoms. The largest absolute Gasteiger partial charge is 0.436 e. The van der Waals surface area contributed by atoms with Crippen LogP contribution in [0, 0.1) is 5.92 Å². The van der Waals surface area contributed by atoms with Crippen molar-refractivity contribution in [3.63, 3.8) is 0 Å². The number of pyridine rings is 1. The van der Waals surface area contributed by atoms with Crippen LogP contribution in [-0.4, -0.2) is 74.8 Å². The number of nitrogens with one attached hydrogen (secondary N) is 3. The van der Waals surface area contributed by atoms with E-state index >= 15 is 0 Å². The van der Waals surface area contributed by atoms with Crippen LogP contribution in [0.15, 0.2) is 76.4 Å². The highest BCUT2D eigenvalue weighted by Gasteiger charge is 2.46. The van der Waals surface area contributed by atoms with Gasteiger partial charge in [-0.3, -0.25) is 24.9 Å². The Hall–Kier alpha value is -4.81. The van der Waals surface area contributed by atoms with Crippen LogP contribution in [0.25, 0.3) is 22.6 Å². The molecule has 12 heteroatoms. The minimum atomic E-state index is -0.0748. The third kappa shape index (κ3) is 4.95. The van der Waals surface area contributed by atoms with E-state index in [-0.39, 0.29) is 35.9 Å². The fraction of sp³-hybridized carbons (Fsp3) is 0.344. The van der Waals surface area contributed by atoms with Gasteiger partial charge < -0.3 is 14.6 Å². The van der Waals surface area contributed by atoms with Crippen molar-refractivity contribution in [1.29, 1.82) is 0 Å². The van der Waals surface area contributed by atoms with Crippen molar-refractivity contribution in [3.8, 4) is 11.5 Å². The predicted octanol–water partition coefficient (Wildman–Crippen LogP) is 3.54. The number of piperazine rings is 1. The van der Waals surface area contributed by atoms with E-state index < -0.39 is 0 Å². The third-order valence-electron chi connectivity index (χ3n) is 8.92. The van der Waals surface area contributed by atoms with Crippen molar-refractivity contribution in [2.24, 2.45) is 11.0 Å². The standard InChI is InChI=1S/C32H33N9O3/c1-39-37-29(36-38-39)28(19-5-3-2-4-6-19)40-17-23-10-11-24(18-40)41(23)32(43)26-15-21(13-14-33-26)31-35-25-16-22(9-12-27(25)44-31)34-30(42)20-7-8-20/h2-6,9,12-16,20,23-24,28,38H,7-8,10-11,17-18H2,1H3,(H,34,42)(H,36,37). The Balaban J connectivity index is 1.01. The molecule has 224 valence electrons. The van der Waals surface area contributed by atoms with Crippen molar-refractivity contribution in [1.82, 2.24) is 35.8 Å². The SMILES string of the molecule is CN1NN=C(C(c2ccccc2)N2CC3CCC(C2)N3C(=O)c2cc(-c3nc4cc(NC(=O)C5CC5)ccc4o3)ccn2)N1. The second kappa shape index (κ2) is 10.7. The molecule has 3 atom stereocenters. The van der Waals surface area contributed by atoms with Crippen molar-refractivity contribution >= 4 is 34.4 Å². The van der Waals surface area contributed by atoms with E-state index in [2.05, 4.69) is 48.4 Å². The van der Waals surface area contributed by atoms with E-state index in [4.69, 9.17) is 4.42 Å². The lowest BCUT2D eigenvalue weighted by Gasteiger charge is -2.44. The number of amidine groups is 1. The van der Waals surface area contributed by atoms with Gasteiger partial charge in [0.25, 0.3) is 5.91 Å². The first-order valence-corrected chi connectivity index (χ1v) is 15.1.